The molecule has 3 aliphatic rings. The van der Waals surface area contributed by atoms with Crippen LogP contribution in [0, 0.1) is 11.8 Å². The molecule has 8 heteroatoms. The molecule has 164 valence electrons. The van der Waals surface area contributed by atoms with Gasteiger partial charge in [0.15, 0.2) is 8.32 Å². The van der Waals surface area contributed by atoms with Crippen molar-refractivity contribution >= 4 is 47.4 Å². The van der Waals surface area contributed by atoms with Crippen molar-refractivity contribution in [3.63, 3.8) is 0 Å². The molecule has 4 heterocycles. The lowest BCUT2D eigenvalue weighted by atomic mass is 9.75. The maximum atomic E-state index is 13.5. The number of carbonyl (C=O) groups is 2. The van der Waals surface area contributed by atoms with Gasteiger partial charge in [0.2, 0.25) is 11.8 Å². The minimum Gasteiger partial charge on any atom is -0.417 e. The lowest BCUT2D eigenvalue weighted by Crippen LogP contribution is -2.44. The molecule has 0 saturated carbocycles. The van der Waals surface area contributed by atoms with Crippen LogP contribution in [0.2, 0.25) is 18.1 Å². The highest BCUT2D eigenvalue weighted by molar-refractivity contribution is 7.16. The number of imide groups is 1. The van der Waals surface area contributed by atoms with E-state index >= 15 is 0 Å². The zero-order valence-electron chi connectivity index (χ0n) is 18.5. The Morgan fingerprint density at radius 1 is 1.26 bits per heavy atom. The fraction of sp³-hybridized carbons (Fsp3) is 0.522. The largest absolute Gasteiger partial charge is 0.417 e. The highest BCUT2D eigenvalue weighted by Crippen LogP contribution is 2.54. The molecular formula is C23H28N2O4SSi. The summed E-state index contributed by atoms with van der Waals surface area (Å²) >= 11 is 1.50. The van der Waals surface area contributed by atoms with Crippen molar-refractivity contribution < 1.29 is 18.8 Å². The third kappa shape index (κ3) is 3.07. The molecule has 5 rings (SSSR count). The molecule has 0 aliphatic carbocycles. The summed E-state index contributed by atoms with van der Waals surface area (Å²) in [6.07, 6.45) is 4.18. The summed E-state index contributed by atoms with van der Waals surface area (Å²) in [6, 6.07) is 5.55. The fourth-order valence-electron chi connectivity index (χ4n) is 4.71. The number of benzene rings is 1. The summed E-state index contributed by atoms with van der Waals surface area (Å²) in [5, 5.41) is 0.114. The topological polar surface area (TPSA) is 68.7 Å². The Labute approximate surface area is 187 Å². The van der Waals surface area contributed by atoms with E-state index in [1.807, 2.05) is 30.4 Å². The Balaban J connectivity index is 1.39. The molecular weight excluding hydrogens is 428 g/mol. The monoisotopic (exact) mass is 456 g/mol. The minimum absolute atomic E-state index is 0.114. The van der Waals surface area contributed by atoms with Crippen molar-refractivity contribution in [3.8, 4) is 0 Å². The van der Waals surface area contributed by atoms with Gasteiger partial charge in [0.1, 0.15) is 5.60 Å². The van der Waals surface area contributed by atoms with Gasteiger partial charge in [-0.25, -0.2) is 9.88 Å². The SMILES string of the molecule is CC(C)(C)[Si](C)(C)OCCC12C=CC(O1)[C@@H]1C(=O)N(c3ccc4ncsc4c3)C(=O)[C@@H]12. The zero-order chi connectivity index (χ0) is 22.2. The van der Waals surface area contributed by atoms with Gasteiger partial charge in [-0.2, -0.15) is 0 Å². The molecule has 0 spiro atoms. The zero-order valence-corrected chi connectivity index (χ0v) is 20.4. The number of thiazole rings is 1. The first kappa shape index (κ1) is 21.0. The van der Waals surface area contributed by atoms with Crippen molar-refractivity contribution in [1.29, 1.82) is 0 Å². The number of aromatic nitrogens is 1. The summed E-state index contributed by atoms with van der Waals surface area (Å²) in [4.78, 5) is 32.5. The van der Waals surface area contributed by atoms with E-state index in [-0.39, 0.29) is 23.0 Å². The maximum absolute atomic E-state index is 13.5. The van der Waals surface area contributed by atoms with E-state index in [9.17, 15) is 9.59 Å². The van der Waals surface area contributed by atoms with Gasteiger partial charge in [-0.3, -0.25) is 9.59 Å². The van der Waals surface area contributed by atoms with Crippen molar-refractivity contribution in [1.82, 2.24) is 4.98 Å². The first-order chi connectivity index (χ1) is 14.5. The lowest BCUT2D eigenvalue weighted by Gasteiger charge is -2.37. The maximum Gasteiger partial charge on any atom is 0.241 e. The van der Waals surface area contributed by atoms with Crippen LogP contribution in [0.1, 0.15) is 27.2 Å². The second-order valence-corrected chi connectivity index (χ2v) is 16.0. The summed E-state index contributed by atoms with van der Waals surface area (Å²) in [6.45, 7) is 11.6. The van der Waals surface area contributed by atoms with Gasteiger partial charge in [-0.1, -0.05) is 32.9 Å². The summed E-state index contributed by atoms with van der Waals surface area (Å²) in [5.41, 5.74) is 2.51. The normalized spacial score (nSPS) is 30.1. The van der Waals surface area contributed by atoms with Gasteiger partial charge >= 0.3 is 0 Å². The molecule has 4 atom stereocenters. The smallest absolute Gasteiger partial charge is 0.241 e. The lowest BCUT2D eigenvalue weighted by molar-refractivity contribution is -0.127. The van der Waals surface area contributed by atoms with Gasteiger partial charge in [0.25, 0.3) is 0 Å². The Morgan fingerprint density at radius 3 is 2.77 bits per heavy atom. The van der Waals surface area contributed by atoms with Crippen LogP contribution in [-0.2, 0) is 18.8 Å². The summed E-state index contributed by atoms with van der Waals surface area (Å²) in [5.74, 6) is -1.28. The predicted octanol–water partition coefficient (Wildman–Crippen LogP) is 4.52. The molecule has 31 heavy (non-hydrogen) atoms. The molecule has 2 amide bonds. The summed E-state index contributed by atoms with van der Waals surface area (Å²) in [7, 11) is -1.91. The molecule has 6 nitrogen and oxygen atoms in total. The molecule has 2 bridgehead atoms. The van der Waals surface area contributed by atoms with Crippen molar-refractivity contribution in [3.05, 3.63) is 35.9 Å². The number of ether oxygens (including phenoxy) is 1. The van der Waals surface area contributed by atoms with Crippen molar-refractivity contribution in [2.45, 2.75) is 57.0 Å². The van der Waals surface area contributed by atoms with Gasteiger partial charge < -0.3 is 9.16 Å². The quantitative estimate of drug-likeness (QED) is 0.376. The van der Waals surface area contributed by atoms with Gasteiger partial charge in [-0.15, -0.1) is 11.3 Å². The number of rotatable bonds is 5. The first-order valence-electron chi connectivity index (χ1n) is 10.8. The molecule has 0 N–H and O–H groups in total. The van der Waals surface area contributed by atoms with Crippen molar-refractivity contribution in [2.75, 3.05) is 11.5 Å². The molecule has 3 aliphatic heterocycles. The number of hydrogen-bond acceptors (Lipinski definition) is 6. The van der Waals surface area contributed by atoms with Crippen LogP contribution in [0.3, 0.4) is 0 Å². The van der Waals surface area contributed by atoms with Crippen LogP contribution in [0.5, 0.6) is 0 Å². The van der Waals surface area contributed by atoms with Gasteiger partial charge in [0, 0.05) is 13.0 Å². The van der Waals surface area contributed by atoms with Crippen LogP contribution in [0.25, 0.3) is 10.2 Å². The highest BCUT2D eigenvalue weighted by Gasteiger charge is 2.67. The number of nitrogens with zero attached hydrogens (tertiary/aromatic N) is 2. The first-order valence-corrected chi connectivity index (χ1v) is 14.6. The van der Waals surface area contributed by atoms with Crippen molar-refractivity contribution in [2.24, 2.45) is 11.8 Å². The van der Waals surface area contributed by atoms with Crippen LogP contribution in [0.15, 0.2) is 35.9 Å². The molecule has 2 aromatic rings. The number of anilines is 1. The van der Waals surface area contributed by atoms with Crippen LogP contribution >= 0.6 is 11.3 Å². The van der Waals surface area contributed by atoms with E-state index < -0.39 is 25.8 Å². The molecule has 2 fully saturated rings. The van der Waals surface area contributed by atoms with Crippen LogP contribution < -0.4 is 4.90 Å². The third-order valence-corrected chi connectivity index (χ3v) is 12.8. The summed E-state index contributed by atoms with van der Waals surface area (Å²) < 4.78 is 13.6. The van der Waals surface area contributed by atoms with E-state index in [4.69, 9.17) is 9.16 Å². The number of amides is 2. The van der Waals surface area contributed by atoms with Crippen LogP contribution in [0.4, 0.5) is 5.69 Å². The number of carbonyl (C=O) groups excluding carboxylic acids is 2. The second kappa shape index (κ2) is 6.81. The van der Waals surface area contributed by atoms with E-state index in [0.29, 0.717) is 18.7 Å². The van der Waals surface area contributed by atoms with Gasteiger partial charge in [-0.05, 0) is 36.3 Å². The Kier molecular flexibility index (Phi) is 4.61. The predicted molar refractivity (Wildman–Crippen MR) is 124 cm³/mol. The highest BCUT2D eigenvalue weighted by atomic mass is 32.1. The minimum atomic E-state index is -1.91. The van der Waals surface area contributed by atoms with E-state index in [1.165, 1.54) is 16.2 Å². The van der Waals surface area contributed by atoms with E-state index in [2.05, 4.69) is 38.8 Å². The second-order valence-electron chi connectivity index (χ2n) is 10.3. The number of hydrogen-bond donors (Lipinski definition) is 0. The van der Waals surface area contributed by atoms with E-state index in [0.717, 1.165) is 10.2 Å². The standard InChI is InChI=1S/C23H28N2O4SSi/c1-22(2,3)31(4,5)28-11-10-23-9-8-16(29-23)18-19(23)21(27)25(20(18)26)14-6-7-15-17(12-14)30-13-24-15/h6-9,12-13,16,18-19H,10-11H2,1-5H3/t16?,18-,19+,23?/m0/s1. The average Bonchev–Trinajstić information content (AvgIpc) is 3.43. The van der Waals surface area contributed by atoms with Crippen LogP contribution in [-0.4, -0.2) is 43.4 Å². The number of fused-ring (bicyclic) bond motifs is 6. The average molecular weight is 457 g/mol. The fourth-order valence-corrected chi connectivity index (χ4v) is 6.47. The molecule has 2 saturated heterocycles. The van der Waals surface area contributed by atoms with Gasteiger partial charge in [0.05, 0.1) is 39.4 Å². The molecule has 0 radical (unpaired) electrons. The molecule has 1 aromatic heterocycles. The molecule has 2 unspecified atom stereocenters. The third-order valence-electron chi connectivity index (χ3n) is 7.49. The molecule has 1 aromatic carbocycles. The Bertz CT molecular complexity index is 1100. The Morgan fingerprint density at radius 2 is 2.03 bits per heavy atom. The van der Waals surface area contributed by atoms with E-state index in [1.54, 1.807) is 5.51 Å². The Hall–Kier alpha value is -1.87.